The summed E-state index contributed by atoms with van der Waals surface area (Å²) in [5.41, 5.74) is 3.43. The molecule has 1 aromatic carbocycles. The lowest BCUT2D eigenvalue weighted by Gasteiger charge is -2.32. The van der Waals surface area contributed by atoms with E-state index in [1.807, 2.05) is 17.9 Å². The van der Waals surface area contributed by atoms with E-state index in [1.54, 1.807) is 18.0 Å². The molecule has 158 valence electrons. The van der Waals surface area contributed by atoms with Crippen molar-refractivity contribution in [3.63, 3.8) is 0 Å². The Bertz CT molecular complexity index is 763. The first-order valence-electron chi connectivity index (χ1n) is 10.7. The maximum atomic E-state index is 12.8. The Hall–Kier alpha value is -2.18. The van der Waals surface area contributed by atoms with Crippen molar-refractivity contribution in [3.05, 3.63) is 53.3 Å². The first-order chi connectivity index (χ1) is 14.1. The number of carbonyl (C=O) groups excluding carboxylic acids is 1. The second-order valence-electron chi connectivity index (χ2n) is 8.02. The zero-order valence-corrected chi connectivity index (χ0v) is 18.0. The molecule has 0 aliphatic carbocycles. The summed E-state index contributed by atoms with van der Waals surface area (Å²) in [6.45, 7) is 7.05. The van der Waals surface area contributed by atoms with Crippen LogP contribution in [0.5, 0.6) is 0 Å². The number of piperidine rings is 1. The molecule has 3 rings (SSSR count). The topological polar surface area (TPSA) is 50.6 Å². The summed E-state index contributed by atoms with van der Waals surface area (Å²) >= 11 is 0. The highest BCUT2D eigenvalue weighted by Crippen LogP contribution is 2.23. The zero-order chi connectivity index (χ0) is 20.6. The van der Waals surface area contributed by atoms with E-state index < -0.39 is 0 Å². The van der Waals surface area contributed by atoms with Crippen molar-refractivity contribution in [1.82, 2.24) is 19.6 Å². The predicted octanol–water partition coefficient (Wildman–Crippen LogP) is 3.08. The molecule has 1 aromatic heterocycles. The molecule has 6 nitrogen and oxygen atoms in total. The summed E-state index contributed by atoms with van der Waals surface area (Å²) < 4.78 is 6.92. The maximum absolute atomic E-state index is 12.8. The molecule has 0 unspecified atom stereocenters. The molecule has 2 aromatic rings. The molecule has 0 bridgehead atoms. The molecule has 0 radical (unpaired) electrons. The molecule has 0 atom stereocenters. The number of aromatic nitrogens is 2. The summed E-state index contributed by atoms with van der Waals surface area (Å²) in [5.74, 6) is 0.759. The number of rotatable bonds is 9. The summed E-state index contributed by atoms with van der Waals surface area (Å²) in [4.78, 5) is 17.0. The highest BCUT2D eigenvalue weighted by atomic mass is 16.5. The number of hydrogen-bond acceptors (Lipinski definition) is 4. The lowest BCUT2D eigenvalue weighted by molar-refractivity contribution is 0.0678. The van der Waals surface area contributed by atoms with Gasteiger partial charge < -0.3 is 9.64 Å². The van der Waals surface area contributed by atoms with Crippen LogP contribution in [-0.4, -0.2) is 65.9 Å². The van der Waals surface area contributed by atoms with Gasteiger partial charge in [-0.3, -0.25) is 14.4 Å². The Balaban J connectivity index is 1.46. The molecule has 2 heterocycles. The summed E-state index contributed by atoms with van der Waals surface area (Å²) in [7, 11) is 3.86. The van der Waals surface area contributed by atoms with E-state index in [0.717, 1.165) is 58.6 Å². The van der Waals surface area contributed by atoms with Gasteiger partial charge in [-0.05, 0) is 56.3 Å². The standard InChI is InChI=1S/C23H34N4O2/c1-4-27-22(9-12-24-27)23(28)26-13-10-20(11-14-26)17-19-5-7-21(8-6-19)18-25(2)15-16-29-3/h5-9,12,20H,4,10-11,13-18H2,1-3H3. The third kappa shape index (κ3) is 5.90. The molecule has 29 heavy (non-hydrogen) atoms. The lowest BCUT2D eigenvalue weighted by atomic mass is 9.90. The van der Waals surface area contributed by atoms with E-state index in [0.29, 0.717) is 11.6 Å². The Morgan fingerprint density at radius 2 is 1.86 bits per heavy atom. The number of methoxy groups -OCH3 is 1. The van der Waals surface area contributed by atoms with E-state index >= 15 is 0 Å². The van der Waals surface area contributed by atoms with Crippen LogP contribution in [-0.2, 0) is 24.2 Å². The minimum atomic E-state index is 0.116. The highest BCUT2D eigenvalue weighted by Gasteiger charge is 2.25. The van der Waals surface area contributed by atoms with Gasteiger partial charge in [-0.1, -0.05) is 24.3 Å². The Morgan fingerprint density at radius 3 is 2.52 bits per heavy atom. The van der Waals surface area contributed by atoms with Crippen LogP contribution in [0, 0.1) is 5.92 Å². The third-order valence-electron chi connectivity index (χ3n) is 5.81. The van der Waals surface area contributed by atoms with Gasteiger partial charge in [0.05, 0.1) is 6.61 Å². The SMILES string of the molecule is CCn1nccc1C(=O)N1CCC(Cc2ccc(CN(C)CCOC)cc2)CC1. The molecular weight excluding hydrogens is 364 g/mol. The van der Waals surface area contributed by atoms with Crippen LogP contribution in [0.4, 0.5) is 0 Å². The number of amides is 1. The van der Waals surface area contributed by atoms with E-state index in [2.05, 4.69) is 41.3 Å². The molecule has 1 fully saturated rings. The monoisotopic (exact) mass is 398 g/mol. The van der Waals surface area contributed by atoms with Crippen LogP contribution in [0.2, 0.25) is 0 Å². The number of likely N-dealkylation sites (N-methyl/N-ethyl adjacent to an activating group) is 1. The highest BCUT2D eigenvalue weighted by molar-refractivity contribution is 5.92. The lowest BCUT2D eigenvalue weighted by Crippen LogP contribution is -2.39. The van der Waals surface area contributed by atoms with Gasteiger partial charge in [0.1, 0.15) is 5.69 Å². The fourth-order valence-corrected chi connectivity index (χ4v) is 4.02. The molecule has 1 aliphatic heterocycles. The Morgan fingerprint density at radius 1 is 1.17 bits per heavy atom. The molecule has 1 aliphatic rings. The average molecular weight is 399 g/mol. The van der Waals surface area contributed by atoms with Gasteiger partial charge in [0.15, 0.2) is 0 Å². The van der Waals surface area contributed by atoms with E-state index in [4.69, 9.17) is 4.74 Å². The van der Waals surface area contributed by atoms with Gasteiger partial charge in [0, 0.05) is 46.0 Å². The normalized spacial score (nSPS) is 15.2. The molecule has 1 amide bonds. The molecule has 0 N–H and O–H groups in total. The van der Waals surface area contributed by atoms with Gasteiger partial charge in [-0.2, -0.15) is 5.10 Å². The van der Waals surface area contributed by atoms with Crippen LogP contribution in [0.15, 0.2) is 36.5 Å². The van der Waals surface area contributed by atoms with Gasteiger partial charge in [-0.25, -0.2) is 0 Å². The largest absolute Gasteiger partial charge is 0.383 e. The van der Waals surface area contributed by atoms with E-state index in [1.165, 1.54) is 11.1 Å². The van der Waals surface area contributed by atoms with Crippen LogP contribution < -0.4 is 0 Å². The van der Waals surface area contributed by atoms with E-state index in [-0.39, 0.29) is 5.91 Å². The van der Waals surface area contributed by atoms with Crippen molar-refractivity contribution in [2.45, 2.75) is 39.3 Å². The van der Waals surface area contributed by atoms with Gasteiger partial charge in [0.25, 0.3) is 5.91 Å². The van der Waals surface area contributed by atoms with Crippen LogP contribution in [0.3, 0.4) is 0 Å². The van der Waals surface area contributed by atoms with Gasteiger partial charge >= 0.3 is 0 Å². The number of nitrogens with zero attached hydrogens (tertiary/aromatic N) is 4. The van der Waals surface area contributed by atoms with Gasteiger partial charge in [0.2, 0.25) is 0 Å². The first kappa shape index (κ1) is 21.5. The maximum Gasteiger partial charge on any atom is 0.272 e. The van der Waals surface area contributed by atoms with Crippen molar-refractivity contribution in [2.24, 2.45) is 5.92 Å². The van der Waals surface area contributed by atoms with Gasteiger partial charge in [-0.15, -0.1) is 0 Å². The van der Waals surface area contributed by atoms with Crippen molar-refractivity contribution >= 4 is 5.91 Å². The number of hydrogen-bond donors (Lipinski definition) is 0. The molecule has 1 saturated heterocycles. The second-order valence-corrected chi connectivity index (χ2v) is 8.02. The van der Waals surface area contributed by atoms with Crippen molar-refractivity contribution < 1.29 is 9.53 Å². The van der Waals surface area contributed by atoms with Crippen molar-refractivity contribution in [3.8, 4) is 0 Å². The molecule has 0 saturated carbocycles. The smallest absolute Gasteiger partial charge is 0.272 e. The molecule has 0 spiro atoms. The van der Waals surface area contributed by atoms with Crippen LogP contribution in [0.1, 0.15) is 41.4 Å². The number of benzene rings is 1. The Labute approximate surface area is 174 Å². The molecular formula is C23H34N4O2. The third-order valence-corrected chi connectivity index (χ3v) is 5.81. The fraction of sp³-hybridized carbons (Fsp3) is 0.565. The minimum Gasteiger partial charge on any atom is -0.383 e. The predicted molar refractivity (Wildman–Crippen MR) is 115 cm³/mol. The summed E-state index contributed by atoms with van der Waals surface area (Å²) in [6, 6.07) is 10.8. The second kappa shape index (κ2) is 10.6. The number of aryl methyl sites for hydroxylation is 1. The molecule has 6 heteroatoms. The number of likely N-dealkylation sites (tertiary alicyclic amines) is 1. The first-order valence-corrected chi connectivity index (χ1v) is 10.7. The van der Waals surface area contributed by atoms with Crippen LogP contribution in [0.25, 0.3) is 0 Å². The Kier molecular flexibility index (Phi) is 7.83. The summed E-state index contributed by atoms with van der Waals surface area (Å²) in [6.07, 6.45) is 4.93. The zero-order valence-electron chi connectivity index (χ0n) is 18.0. The summed E-state index contributed by atoms with van der Waals surface area (Å²) in [5, 5.41) is 4.22. The average Bonchev–Trinajstić information content (AvgIpc) is 3.22. The van der Waals surface area contributed by atoms with Crippen molar-refractivity contribution in [1.29, 1.82) is 0 Å². The van der Waals surface area contributed by atoms with Crippen LogP contribution >= 0.6 is 0 Å². The fourth-order valence-electron chi connectivity index (χ4n) is 4.02. The number of carbonyl (C=O) groups is 1. The van der Waals surface area contributed by atoms with E-state index in [9.17, 15) is 4.79 Å². The number of ether oxygens (including phenoxy) is 1. The minimum absolute atomic E-state index is 0.116. The quantitative estimate of drug-likeness (QED) is 0.651. The van der Waals surface area contributed by atoms with Crippen molar-refractivity contribution in [2.75, 3.05) is 40.4 Å².